The maximum Gasteiger partial charge on any atom is 0.508 e. The Hall–Kier alpha value is -0.990. The van der Waals surface area contributed by atoms with E-state index in [0.717, 1.165) is 12.8 Å². The summed E-state index contributed by atoms with van der Waals surface area (Å²) in [6, 6.07) is 0. The molecule has 0 radical (unpaired) electrons. The van der Waals surface area contributed by atoms with E-state index in [2.05, 4.69) is 4.74 Å². The van der Waals surface area contributed by atoms with Crippen molar-refractivity contribution in [2.24, 2.45) is 0 Å². The van der Waals surface area contributed by atoms with Gasteiger partial charge in [-0.05, 0) is 18.9 Å². The lowest BCUT2D eigenvalue weighted by Gasteiger charge is -2.09. The van der Waals surface area contributed by atoms with Crippen molar-refractivity contribution in [1.29, 1.82) is 0 Å². The van der Waals surface area contributed by atoms with Gasteiger partial charge in [-0.3, -0.25) is 0 Å². The van der Waals surface area contributed by atoms with E-state index in [1.807, 2.05) is 26.0 Å². The highest BCUT2D eigenvalue weighted by Crippen LogP contribution is 2.02. The fraction of sp³-hybridized carbons (Fsp3) is 0.667. The van der Waals surface area contributed by atoms with Crippen molar-refractivity contribution in [1.82, 2.24) is 0 Å². The third-order valence-corrected chi connectivity index (χ3v) is 1.40. The second-order valence-electron chi connectivity index (χ2n) is 2.36. The number of carbonyl (C=O) groups excluding carboxylic acids is 1. The highest BCUT2D eigenvalue weighted by Gasteiger charge is 2.07. The molecule has 0 heterocycles. The molecule has 0 bridgehead atoms. The van der Waals surface area contributed by atoms with Crippen LogP contribution >= 0.6 is 0 Å². The number of hydrogen-bond acceptors (Lipinski definition) is 3. The van der Waals surface area contributed by atoms with Gasteiger partial charge in [0.05, 0.1) is 7.11 Å². The van der Waals surface area contributed by atoms with Gasteiger partial charge in [0.1, 0.15) is 6.10 Å². The molecule has 0 saturated heterocycles. The molecule has 3 heteroatoms. The molecule has 3 nitrogen and oxygen atoms in total. The van der Waals surface area contributed by atoms with Gasteiger partial charge in [-0.2, -0.15) is 0 Å². The van der Waals surface area contributed by atoms with E-state index in [9.17, 15) is 4.79 Å². The van der Waals surface area contributed by atoms with Crippen LogP contribution in [0.2, 0.25) is 0 Å². The molecule has 0 aromatic carbocycles. The van der Waals surface area contributed by atoms with Crippen molar-refractivity contribution in [2.75, 3.05) is 7.11 Å². The first-order chi connectivity index (χ1) is 5.74. The van der Waals surface area contributed by atoms with Gasteiger partial charge in [0.25, 0.3) is 0 Å². The second kappa shape index (κ2) is 6.70. The van der Waals surface area contributed by atoms with Crippen molar-refractivity contribution < 1.29 is 14.3 Å². The molecule has 0 rings (SSSR count). The summed E-state index contributed by atoms with van der Waals surface area (Å²) >= 11 is 0. The Morgan fingerprint density at radius 1 is 1.50 bits per heavy atom. The van der Waals surface area contributed by atoms with E-state index in [-0.39, 0.29) is 6.10 Å². The summed E-state index contributed by atoms with van der Waals surface area (Å²) in [6.07, 6.45) is 4.78. The van der Waals surface area contributed by atoms with Crippen molar-refractivity contribution in [3.05, 3.63) is 12.2 Å². The van der Waals surface area contributed by atoms with Crippen LogP contribution in [-0.2, 0) is 9.47 Å². The molecule has 0 aromatic rings. The second-order valence-corrected chi connectivity index (χ2v) is 2.36. The fourth-order valence-electron chi connectivity index (χ4n) is 0.718. The minimum absolute atomic E-state index is 0.155. The first kappa shape index (κ1) is 11.0. The average molecular weight is 172 g/mol. The van der Waals surface area contributed by atoms with Gasteiger partial charge in [0.15, 0.2) is 0 Å². The van der Waals surface area contributed by atoms with Crippen molar-refractivity contribution >= 4 is 6.16 Å². The van der Waals surface area contributed by atoms with Gasteiger partial charge in [0, 0.05) is 0 Å². The molecule has 0 aromatic heterocycles. The lowest BCUT2D eigenvalue weighted by Crippen LogP contribution is -2.14. The average Bonchev–Trinajstić information content (AvgIpc) is 2.11. The standard InChI is InChI=1S/C9H16O3/c1-4-6-7-8(5-2)12-9(10)11-3/h6-8H,4-5H2,1-3H3/b7-6+/t8-/m1/s1. The summed E-state index contributed by atoms with van der Waals surface area (Å²) in [5.41, 5.74) is 0. The van der Waals surface area contributed by atoms with Crippen LogP contribution in [0.4, 0.5) is 4.79 Å². The Labute approximate surface area is 73.4 Å². The fourth-order valence-corrected chi connectivity index (χ4v) is 0.718. The summed E-state index contributed by atoms with van der Waals surface area (Å²) in [5, 5.41) is 0. The first-order valence-electron chi connectivity index (χ1n) is 4.15. The first-order valence-corrected chi connectivity index (χ1v) is 4.15. The number of allylic oxidation sites excluding steroid dienone is 1. The smallest absolute Gasteiger partial charge is 0.438 e. The van der Waals surface area contributed by atoms with Crippen LogP contribution in [-0.4, -0.2) is 19.4 Å². The predicted molar refractivity (Wildman–Crippen MR) is 47.0 cm³/mol. The van der Waals surface area contributed by atoms with Crippen LogP contribution < -0.4 is 0 Å². The molecule has 0 unspecified atom stereocenters. The minimum atomic E-state index is -0.623. The normalized spacial score (nSPS) is 12.9. The van der Waals surface area contributed by atoms with Gasteiger partial charge in [-0.25, -0.2) is 4.79 Å². The Morgan fingerprint density at radius 3 is 2.58 bits per heavy atom. The van der Waals surface area contributed by atoms with E-state index in [4.69, 9.17) is 4.74 Å². The van der Waals surface area contributed by atoms with Crippen molar-refractivity contribution in [3.8, 4) is 0 Å². The van der Waals surface area contributed by atoms with Gasteiger partial charge in [-0.1, -0.05) is 19.9 Å². The largest absolute Gasteiger partial charge is 0.508 e. The number of hydrogen-bond donors (Lipinski definition) is 0. The van der Waals surface area contributed by atoms with Crippen LogP contribution in [0.1, 0.15) is 26.7 Å². The number of methoxy groups -OCH3 is 1. The van der Waals surface area contributed by atoms with Gasteiger partial charge >= 0.3 is 6.16 Å². The molecule has 0 aliphatic carbocycles. The van der Waals surface area contributed by atoms with E-state index in [1.54, 1.807) is 0 Å². The van der Waals surface area contributed by atoms with Gasteiger partial charge in [0.2, 0.25) is 0 Å². The molecule has 0 N–H and O–H groups in total. The minimum Gasteiger partial charge on any atom is -0.438 e. The van der Waals surface area contributed by atoms with E-state index in [0.29, 0.717) is 0 Å². The molecule has 0 aliphatic rings. The monoisotopic (exact) mass is 172 g/mol. The Balaban J connectivity index is 3.82. The maximum absolute atomic E-state index is 10.7. The van der Waals surface area contributed by atoms with Crippen molar-refractivity contribution in [3.63, 3.8) is 0 Å². The highest BCUT2D eigenvalue weighted by atomic mass is 16.7. The van der Waals surface area contributed by atoms with Crippen LogP contribution in [0.5, 0.6) is 0 Å². The number of ether oxygens (including phenoxy) is 2. The van der Waals surface area contributed by atoms with Crippen LogP contribution in [0.15, 0.2) is 12.2 Å². The third kappa shape index (κ3) is 4.77. The van der Waals surface area contributed by atoms with Gasteiger partial charge in [-0.15, -0.1) is 0 Å². The molecule has 1 atom stereocenters. The quantitative estimate of drug-likeness (QED) is 0.483. The lowest BCUT2D eigenvalue weighted by atomic mass is 10.2. The molecule has 0 amide bonds. The Bertz CT molecular complexity index is 152. The summed E-state index contributed by atoms with van der Waals surface area (Å²) in [6.45, 7) is 3.98. The molecular weight excluding hydrogens is 156 g/mol. The lowest BCUT2D eigenvalue weighted by molar-refractivity contribution is 0.0514. The Kier molecular flexibility index (Phi) is 6.15. The third-order valence-electron chi connectivity index (χ3n) is 1.40. The Morgan fingerprint density at radius 2 is 2.17 bits per heavy atom. The van der Waals surface area contributed by atoms with E-state index in [1.165, 1.54) is 7.11 Å². The van der Waals surface area contributed by atoms with Crippen molar-refractivity contribution in [2.45, 2.75) is 32.8 Å². The highest BCUT2D eigenvalue weighted by molar-refractivity contribution is 5.60. The molecule has 0 spiro atoms. The predicted octanol–water partition coefficient (Wildman–Crippen LogP) is 2.51. The summed E-state index contributed by atoms with van der Waals surface area (Å²) in [5.74, 6) is 0. The van der Waals surface area contributed by atoms with Crippen LogP contribution in [0.25, 0.3) is 0 Å². The SMILES string of the molecule is CC/C=C/[C@@H](CC)OC(=O)OC. The van der Waals surface area contributed by atoms with Crippen LogP contribution in [0.3, 0.4) is 0 Å². The number of carbonyl (C=O) groups is 1. The molecule has 70 valence electrons. The molecule has 12 heavy (non-hydrogen) atoms. The van der Waals surface area contributed by atoms with E-state index >= 15 is 0 Å². The zero-order chi connectivity index (χ0) is 9.40. The summed E-state index contributed by atoms with van der Waals surface area (Å²) in [4.78, 5) is 10.7. The van der Waals surface area contributed by atoms with Crippen LogP contribution in [0, 0.1) is 0 Å². The zero-order valence-electron chi connectivity index (χ0n) is 7.87. The molecule has 0 fully saturated rings. The maximum atomic E-state index is 10.7. The molecule has 0 saturated carbocycles. The number of rotatable bonds is 4. The molecule has 0 aliphatic heterocycles. The summed E-state index contributed by atoms with van der Waals surface area (Å²) in [7, 11) is 1.30. The van der Waals surface area contributed by atoms with Gasteiger partial charge < -0.3 is 9.47 Å². The van der Waals surface area contributed by atoms with E-state index < -0.39 is 6.16 Å². The zero-order valence-corrected chi connectivity index (χ0v) is 7.87. The molecular formula is C9H16O3. The summed E-state index contributed by atoms with van der Waals surface area (Å²) < 4.78 is 9.27. The topological polar surface area (TPSA) is 35.5 Å².